The molecule has 0 amide bonds. The molecule has 1 saturated heterocycles. The molecule has 1 aliphatic rings. The first kappa shape index (κ1) is 21.0. The Morgan fingerprint density at radius 2 is 1.80 bits per heavy atom. The molecule has 0 N–H and O–H groups in total. The number of thiophene rings is 1. The number of rotatable bonds is 6. The Morgan fingerprint density at radius 3 is 2.40 bits per heavy atom. The molecule has 0 saturated carbocycles. The Kier molecular flexibility index (Phi) is 5.95. The van der Waals surface area contributed by atoms with Crippen molar-refractivity contribution < 1.29 is 8.42 Å². The van der Waals surface area contributed by atoms with Gasteiger partial charge in [-0.15, -0.1) is 11.3 Å². The van der Waals surface area contributed by atoms with Crippen molar-refractivity contribution in [3.8, 4) is 0 Å². The summed E-state index contributed by atoms with van der Waals surface area (Å²) in [4.78, 5) is 13.8. The van der Waals surface area contributed by atoms with E-state index < -0.39 is 10.0 Å². The van der Waals surface area contributed by atoms with Gasteiger partial charge in [-0.1, -0.05) is 30.3 Å². The molecule has 0 bridgehead atoms. The molecule has 7 nitrogen and oxygen atoms in total. The number of sulfonamides is 1. The van der Waals surface area contributed by atoms with E-state index in [9.17, 15) is 13.2 Å². The van der Waals surface area contributed by atoms with Crippen LogP contribution in [0.25, 0.3) is 0 Å². The summed E-state index contributed by atoms with van der Waals surface area (Å²) in [6.07, 6.45) is 1.32. The Bertz CT molecular complexity index is 1170. The molecule has 0 atom stereocenters. The second-order valence-corrected chi connectivity index (χ2v) is 11.0. The van der Waals surface area contributed by atoms with Crippen LogP contribution in [0.3, 0.4) is 0 Å². The van der Waals surface area contributed by atoms with Crippen molar-refractivity contribution in [2.45, 2.75) is 49.9 Å². The van der Waals surface area contributed by atoms with Crippen LogP contribution in [-0.4, -0.2) is 40.2 Å². The van der Waals surface area contributed by atoms with E-state index in [4.69, 9.17) is 0 Å². The molecule has 3 aromatic rings. The van der Waals surface area contributed by atoms with Crippen molar-refractivity contribution in [2.24, 2.45) is 0 Å². The molecule has 1 aliphatic heterocycles. The van der Waals surface area contributed by atoms with Crippen LogP contribution >= 0.6 is 11.3 Å². The van der Waals surface area contributed by atoms with Crippen molar-refractivity contribution in [2.75, 3.05) is 13.1 Å². The number of aromatic nitrogens is 3. The third kappa shape index (κ3) is 4.01. The SMILES string of the molecule is CCn1c(C2CCN(S(=O)(=O)c3ccc(C)s3)CC2)nn(Cc2ccccc2)c1=O. The maximum Gasteiger partial charge on any atom is 0.346 e. The lowest BCUT2D eigenvalue weighted by atomic mass is 9.97. The zero-order chi connectivity index (χ0) is 21.3. The number of aryl methyl sites for hydroxylation is 1. The van der Waals surface area contributed by atoms with Crippen LogP contribution in [0, 0.1) is 6.92 Å². The summed E-state index contributed by atoms with van der Waals surface area (Å²) < 4.78 is 31.0. The summed E-state index contributed by atoms with van der Waals surface area (Å²) in [6, 6.07) is 13.3. The highest BCUT2D eigenvalue weighted by Crippen LogP contribution is 2.31. The second-order valence-electron chi connectivity index (χ2n) is 7.57. The molecule has 9 heteroatoms. The lowest BCUT2D eigenvalue weighted by Crippen LogP contribution is -2.38. The molecule has 4 rings (SSSR count). The third-order valence-electron chi connectivity index (χ3n) is 5.57. The fourth-order valence-electron chi connectivity index (χ4n) is 3.95. The van der Waals surface area contributed by atoms with E-state index in [0.29, 0.717) is 43.2 Å². The Hall–Kier alpha value is -2.23. The van der Waals surface area contributed by atoms with Crippen LogP contribution in [-0.2, 0) is 23.1 Å². The third-order valence-corrected chi connectivity index (χ3v) is 8.94. The molecule has 160 valence electrons. The van der Waals surface area contributed by atoms with Gasteiger partial charge in [0.2, 0.25) is 0 Å². The van der Waals surface area contributed by atoms with E-state index >= 15 is 0 Å². The average Bonchev–Trinajstić information content (AvgIpc) is 3.33. The minimum Gasteiger partial charge on any atom is -0.279 e. The Labute approximate surface area is 180 Å². The van der Waals surface area contributed by atoms with Crippen molar-refractivity contribution in [3.05, 3.63) is 69.2 Å². The van der Waals surface area contributed by atoms with E-state index in [0.717, 1.165) is 16.3 Å². The van der Waals surface area contributed by atoms with Crippen LogP contribution < -0.4 is 5.69 Å². The highest BCUT2D eigenvalue weighted by molar-refractivity contribution is 7.91. The van der Waals surface area contributed by atoms with Crippen LogP contribution in [0.15, 0.2) is 51.5 Å². The molecule has 0 radical (unpaired) electrons. The zero-order valence-electron chi connectivity index (χ0n) is 17.2. The van der Waals surface area contributed by atoms with Crippen molar-refractivity contribution in [3.63, 3.8) is 0 Å². The first-order valence-electron chi connectivity index (χ1n) is 10.2. The summed E-state index contributed by atoms with van der Waals surface area (Å²) >= 11 is 1.31. The van der Waals surface area contributed by atoms with Gasteiger partial charge in [0.25, 0.3) is 10.0 Å². The molecule has 30 heavy (non-hydrogen) atoms. The normalized spacial score (nSPS) is 16.2. The van der Waals surface area contributed by atoms with Gasteiger partial charge < -0.3 is 0 Å². The quantitative estimate of drug-likeness (QED) is 0.583. The molecule has 2 aromatic heterocycles. The van der Waals surface area contributed by atoms with Gasteiger partial charge in [0.15, 0.2) is 0 Å². The first-order valence-corrected chi connectivity index (χ1v) is 12.4. The number of piperidine rings is 1. The number of nitrogens with zero attached hydrogens (tertiary/aromatic N) is 4. The van der Waals surface area contributed by atoms with Gasteiger partial charge in [0, 0.05) is 30.4 Å². The minimum atomic E-state index is -3.45. The van der Waals surface area contributed by atoms with Gasteiger partial charge >= 0.3 is 5.69 Å². The fraction of sp³-hybridized carbons (Fsp3) is 0.429. The topological polar surface area (TPSA) is 77.2 Å². The molecular weight excluding hydrogens is 420 g/mol. The molecule has 1 aromatic carbocycles. The molecule has 0 spiro atoms. The van der Waals surface area contributed by atoms with Gasteiger partial charge in [0.05, 0.1) is 6.54 Å². The maximum atomic E-state index is 12.9. The first-order chi connectivity index (χ1) is 14.4. The standard InChI is InChI=1S/C21H26N4O3S2/c1-3-24-20(22-25(21(24)26)15-17-7-5-4-6-8-17)18-11-13-23(14-12-18)30(27,28)19-10-9-16(2)29-19/h4-10,18H,3,11-15H2,1-2H3. The lowest BCUT2D eigenvalue weighted by molar-refractivity contribution is 0.309. The molecule has 0 unspecified atom stereocenters. The van der Waals surface area contributed by atoms with E-state index in [2.05, 4.69) is 5.10 Å². The van der Waals surface area contributed by atoms with Gasteiger partial charge in [0.1, 0.15) is 10.0 Å². The van der Waals surface area contributed by atoms with E-state index in [1.54, 1.807) is 14.9 Å². The summed E-state index contributed by atoms with van der Waals surface area (Å²) in [7, 11) is -3.45. The number of benzene rings is 1. The second kappa shape index (κ2) is 8.49. The summed E-state index contributed by atoms with van der Waals surface area (Å²) in [6.45, 7) is 5.71. The molecule has 3 heterocycles. The number of hydrogen-bond acceptors (Lipinski definition) is 5. The van der Waals surface area contributed by atoms with Gasteiger partial charge in [-0.25, -0.2) is 17.9 Å². The summed E-state index contributed by atoms with van der Waals surface area (Å²) in [5.41, 5.74) is 0.916. The number of hydrogen-bond donors (Lipinski definition) is 0. The Morgan fingerprint density at radius 1 is 1.10 bits per heavy atom. The van der Waals surface area contributed by atoms with Gasteiger partial charge in [-0.2, -0.15) is 9.40 Å². The highest BCUT2D eigenvalue weighted by Gasteiger charge is 2.33. The van der Waals surface area contributed by atoms with Crippen molar-refractivity contribution >= 4 is 21.4 Å². The lowest BCUT2D eigenvalue weighted by Gasteiger charge is -2.30. The van der Waals surface area contributed by atoms with Crippen LogP contribution in [0.5, 0.6) is 0 Å². The largest absolute Gasteiger partial charge is 0.346 e. The summed E-state index contributed by atoms with van der Waals surface area (Å²) in [5, 5.41) is 4.65. The van der Waals surface area contributed by atoms with Gasteiger partial charge in [-0.3, -0.25) is 4.57 Å². The average molecular weight is 447 g/mol. The monoisotopic (exact) mass is 446 g/mol. The fourth-order valence-corrected chi connectivity index (χ4v) is 6.86. The van der Waals surface area contributed by atoms with E-state index in [1.165, 1.54) is 16.0 Å². The van der Waals surface area contributed by atoms with Crippen molar-refractivity contribution in [1.82, 2.24) is 18.7 Å². The predicted octanol–water partition coefficient (Wildman–Crippen LogP) is 3.05. The Balaban J connectivity index is 1.52. The molecule has 0 aliphatic carbocycles. The minimum absolute atomic E-state index is 0.0752. The maximum absolute atomic E-state index is 12.9. The predicted molar refractivity (Wildman–Crippen MR) is 117 cm³/mol. The summed E-state index contributed by atoms with van der Waals surface area (Å²) in [5.74, 6) is 0.841. The van der Waals surface area contributed by atoms with Crippen LogP contribution in [0.4, 0.5) is 0 Å². The van der Waals surface area contributed by atoms with Crippen LogP contribution in [0.1, 0.15) is 41.9 Å². The van der Waals surface area contributed by atoms with Crippen molar-refractivity contribution in [1.29, 1.82) is 0 Å². The smallest absolute Gasteiger partial charge is 0.279 e. The van der Waals surface area contributed by atoms with E-state index in [-0.39, 0.29) is 11.6 Å². The molecular formula is C21H26N4O3S2. The zero-order valence-corrected chi connectivity index (χ0v) is 18.8. The molecule has 1 fully saturated rings. The van der Waals surface area contributed by atoms with E-state index in [1.807, 2.05) is 50.2 Å². The van der Waals surface area contributed by atoms with Crippen LogP contribution in [0.2, 0.25) is 0 Å². The highest BCUT2D eigenvalue weighted by atomic mass is 32.2. The van der Waals surface area contributed by atoms with Gasteiger partial charge in [-0.05, 0) is 44.4 Å².